The number of carbonyl (C=O) groups excluding carboxylic acids is 1. The summed E-state index contributed by atoms with van der Waals surface area (Å²) in [5.41, 5.74) is -1.07. The molecule has 0 aromatic carbocycles. The van der Waals surface area contributed by atoms with Gasteiger partial charge in [-0.15, -0.1) is 0 Å². The van der Waals surface area contributed by atoms with E-state index in [2.05, 4.69) is 5.32 Å². The SMILES string of the molecule is CCN(C)C(=O)CNC(C)(C)C(=O)O. The Kier molecular flexibility index (Phi) is 4.56. The van der Waals surface area contributed by atoms with Gasteiger partial charge in [0.05, 0.1) is 6.54 Å². The normalized spacial score (nSPS) is 11.1. The van der Waals surface area contributed by atoms with Crippen LogP contribution in [-0.2, 0) is 9.59 Å². The van der Waals surface area contributed by atoms with Gasteiger partial charge in [0, 0.05) is 13.6 Å². The number of hydrogen-bond donors (Lipinski definition) is 2. The van der Waals surface area contributed by atoms with Crippen LogP contribution in [0.3, 0.4) is 0 Å². The number of nitrogens with one attached hydrogen (secondary N) is 1. The second kappa shape index (κ2) is 4.95. The van der Waals surface area contributed by atoms with Crippen molar-refractivity contribution in [3.63, 3.8) is 0 Å². The fraction of sp³-hybridized carbons (Fsp3) is 0.778. The van der Waals surface area contributed by atoms with Crippen molar-refractivity contribution in [3.05, 3.63) is 0 Å². The molecule has 0 rings (SSSR count). The molecule has 0 radical (unpaired) electrons. The maximum Gasteiger partial charge on any atom is 0.323 e. The topological polar surface area (TPSA) is 69.6 Å². The number of hydrogen-bond acceptors (Lipinski definition) is 3. The predicted octanol–water partition coefficient (Wildman–Crippen LogP) is -0.0825. The average Bonchev–Trinajstić information content (AvgIpc) is 2.12. The highest BCUT2D eigenvalue weighted by molar-refractivity contribution is 5.81. The molecule has 0 saturated carbocycles. The average molecular weight is 202 g/mol. The van der Waals surface area contributed by atoms with Gasteiger partial charge in [-0.25, -0.2) is 0 Å². The van der Waals surface area contributed by atoms with Gasteiger partial charge in [0.2, 0.25) is 5.91 Å². The first-order valence-electron chi connectivity index (χ1n) is 4.53. The number of nitrogens with zero attached hydrogens (tertiary/aromatic N) is 1. The molecule has 0 heterocycles. The third kappa shape index (κ3) is 3.74. The van der Waals surface area contributed by atoms with E-state index in [1.54, 1.807) is 7.05 Å². The lowest BCUT2D eigenvalue weighted by Gasteiger charge is -2.22. The van der Waals surface area contributed by atoms with Crippen LogP contribution in [0.1, 0.15) is 20.8 Å². The van der Waals surface area contributed by atoms with Crippen LogP contribution >= 0.6 is 0 Å². The molecule has 0 aromatic rings. The molecule has 0 aliphatic rings. The molecule has 0 spiro atoms. The molecule has 0 saturated heterocycles. The molecule has 0 unspecified atom stereocenters. The standard InChI is InChI=1S/C9H18N2O3/c1-5-11(4)7(12)6-10-9(2,3)8(13)14/h10H,5-6H2,1-4H3,(H,13,14). The molecule has 5 nitrogen and oxygen atoms in total. The van der Waals surface area contributed by atoms with E-state index in [9.17, 15) is 9.59 Å². The highest BCUT2D eigenvalue weighted by Crippen LogP contribution is 2.00. The van der Waals surface area contributed by atoms with Crippen molar-refractivity contribution in [2.75, 3.05) is 20.1 Å². The van der Waals surface area contributed by atoms with E-state index in [0.29, 0.717) is 6.54 Å². The van der Waals surface area contributed by atoms with Gasteiger partial charge in [0.25, 0.3) is 0 Å². The molecule has 2 N–H and O–H groups in total. The molecule has 0 bridgehead atoms. The molecule has 1 amide bonds. The molecule has 0 aliphatic heterocycles. The van der Waals surface area contributed by atoms with Gasteiger partial charge in [-0.1, -0.05) is 0 Å². The van der Waals surface area contributed by atoms with Gasteiger partial charge in [-0.2, -0.15) is 0 Å². The van der Waals surface area contributed by atoms with Crippen LogP contribution in [0.4, 0.5) is 0 Å². The van der Waals surface area contributed by atoms with E-state index in [-0.39, 0.29) is 12.5 Å². The summed E-state index contributed by atoms with van der Waals surface area (Å²) in [4.78, 5) is 23.5. The van der Waals surface area contributed by atoms with Crippen LogP contribution in [-0.4, -0.2) is 47.6 Å². The minimum Gasteiger partial charge on any atom is -0.480 e. The third-order valence-electron chi connectivity index (χ3n) is 2.12. The number of amides is 1. The summed E-state index contributed by atoms with van der Waals surface area (Å²) in [5.74, 6) is -1.08. The Balaban J connectivity index is 4.06. The quantitative estimate of drug-likeness (QED) is 0.654. The highest BCUT2D eigenvalue weighted by Gasteiger charge is 2.27. The smallest absolute Gasteiger partial charge is 0.323 e. The summed E-state index contributed by atoms with van der Waals surface area (Å²) >= 11 is 0. The molecule has 0 aliphatic carbocycles. The summed E-state index contributed by atoms with van der Waals surface area (Å²) < 4.78 is 0. The lowest BCUT2D eigenvalue weighted by Crippen LogP contribution is -2.50. The summed E-state index contributed by atoms with van der Waals surface area (Å²) in [7, 11) is 1.68. The van der Waals surface area contributed by atoms with Crippen molar-refractivity contribution < 1.29 is 14.7 Å². The van der Waals surface area contributed by atoms with E-state index in [4.69, 9.17) is 5.11 Å². The first-order chi connectivity index (χ1) is 6.31. The monoisotopic (exact) mass is 202 g/mol. The van der Waals surface area contributed by atoms with E-state index >= 15 is 0 Å². The lowest BCUT2D eigenvalue weighted by atomic mass is 10.1. The van der Waals surface area contributed by atoms with Crippen LogP contribution in [0.2, 0.25) is 0 Å². The van der Waals surface area contributed by atoms with Gasteiger partial charge in [0.15, 0.2) is 0 Å². The number of likely N-dealkylation sites (N-methyl/N-ethyl adjacent to an activating group) is 1. The minimum absolute atomic E-state index is 0.0453. The minimum atomic E-state index is -1.07. The van der Waals surface area contributed by atoms with Crippen molar-refractivity contribution >= 4 is 11.9 Å². The number of rotatable bonds is 5. The molecule has 0 aromatic heterocycles. The molecule has 14 heavy (non-hydrogen) atoms. The maximum atomic E-state index is 11.3. The van der Waals surface area contributed by atoms with Crippen LogP contribution in [0.15, 0.2) is 0 Å². The van der Waals surface area contributed by atoms with Crippen LogP contribution in [0.5, 0.6) is 0 Å². The summed E-state index contributed by atoms with van der Waals surface area (Å²) in [5, 5.41) is 11.4. The zero-order chi connectivity index (χ0) is 11.4. The molecule has 5 heteroatoms. The van der Waals surface area contributed by atoms with Gasteiger partial charge < -0.3 is 10.0 Å². The molecule has 0 fully saturated rings. The summed E-state index contributed by atoms with van der Waals surface area (Å²) in [6, 6.07) is 0. The fourth-order valence-electron chi connectivity index (χ4n) is 0.684. The molecule has 82 valence electrons. The third-order valence-corrected chi connectivity index (χ3v) is 2.12. The van der Waals surface area contributed by atoms with Crippen molar-refractivity contribution in [2.24, 2.45) is 0 Å². The fourth-order valence-corrected chi connectivity index (χ4v) is 0.684. The van der Waals surface area contributed by atoms with Gasteiger partial charge in [-0.05, 0) is 20.8 Å². The zero-order valence-electron chi connectivity index (χ0n) is 9.13. The number of aliphatic carboxylic acids is 1. The largest absolute Gasteiger partial charge is 0.480 e. The van der Waals surface area contributed by atoms with Crippen molar-refractivity contribution in [2.45, 2.75) is 26.3 Å². The molecular formula is C9H18N2O3. The number of carbonyl (C=O) groups is 2. The van der Waals surface area contributed by atoms with E-state index in [1.807, 2.05) is 6.92 Å². The second-order valence-electron chi connectivity index (χ2n) is 3.69. The Morgan fingerprint density at radius 1 is 1.43 bits per heavy atom. The predicted molar refractivity (Wildman–Crippen MR) is 53.0 cm³/mol. The Hall–Kier alpha value is -1.10. The lowest BCUT2D eigenvalue weighted by molar-refractivity contribution is -0.143. The van der Waals surface area contributed by atoms with Crippen LogP contribution in [0.25, 0.3) is 0 Å². The van der Waals surface area contributed by atoms with Gasteiger partial charge in [0.1, 0.15) is 5.54 Å². The van der Waals surface area contributed by atoms with Crippen molar-refractivity contribution in [3.8, 4) is 0 Å². The van der Waals surface area contributed by atoms with Crippen LogP contribution in [0, 0.1) is 0 Å². The first-order valence-corrected chi connectivity index (χ1v) is 4.53. The summed E-state index contributed by atoms with van der Waals surface area (Å²) in [6.07, 6.45) is 0. The maximum absolute atomic E-state index is 11.3. The van der Waals surface area contributed by atoms with Gasteiger partial charge >= 0.3 is 5.97 Å². The van der Waals surface area contributed by atoms with Gasteiger partial charge in [-0.3, -0.25) is 14.9 Å². The van der Waals surface area contributed by atoms with Crippen LogP contribution < -0.4 is 5.32 Å². The Morgan fingerprint density at radius 3 is 2.29 bits per heavy atom. The Labute approximate surface area is 84.1 Å². The van der Waals surface area contributed by atoms with Crippen molar-refractivity contribution in [1.29, 1.82) is 0 Å². The van der Waals surface area contributed by atoms with E-state index in [0.717, 1.165) is 0 Å². The number of carboxylic acids is 1. The first kappa shape index (κ1) is 12.9. The van der Waals surface area contributed by atoms with E-state index in [1.165, 1.54) is 18.7 Å². The molecule has 0 atom stereocenters. The summed E-state index contributed by atoms with van der Waals surface area (Å²) in [6.45, 7) is 5.57. The zero-order valence-corrected chi connectivity index (χ0v) is 9.13. The molecular weight excluding hydrogens is 184 g/mol. The van der Waals surface area contributed by atoms with E-state index < -0.39 is 11.5 Å². The second-order valence-corrected chi connectivity index (χ2v) is 3.69. The number of carboxylic acid groups (broad SMARTS) is 1. The van der Waals surface area contributed by atoms with Crippen molar-refractivity contribution in [1.82, 2.24) is 10.2 Å². The Morgan fingerprint density at radius 2 is 1.93 bits per heavy atom. The Bertz CT molecular complexity index is 226. The highest BCUT2D eigenvalue weighted by atomic mass is 16.4.